The molecule has 22 heavy (non-hydrogen) atoms. The van der Waals surface area contributed by atoms with Crippen molar-refractivity contribution in [1.29, 1.82) is 0 Å². The SMILES string of the molecule is CSCc1nnc(SCc2nnc(-c3ccc(C)cc3)o2)o1. The summed E-state index contributed by atoms with van der Waals surface area (Å²) in [5.41, 5.74) is 2.10. The molecule has 0 aliphatic heterocycles. The standard InChI is InChI=1S/C14H14N4O2S2/c1-9-3-5-10(6-4-9)13-17-15-12(19-13)8-22-14-18-16-11(20-14)7-21-2/h3-6H,7-8H2,1-2H3. The summed E-state index contributed by atoms with van der Waals surface area (Å²) < 4.78 is 11.1. The Morgan fingerprint density at radius 2 is 1.64 bits per heavy atom. The van der Waals surface area contributed by atoms with Crippen molar-refractivity contribution in [2.75, 3.05) is 6.26 Å². The molecule has 114 valence electrons. The molecule has 0 amide bonds. The smallest absolute Gasteiger partial charge is 0.277 e. The molecule has 0 aliphatic carbocycles. The molecule has 0 aliphatic rings. The van der Waals surface area contributed by atoms with Crippen LogP contribution in [-0.2, 0) is 11.5 Å². The lowest BCUT2D eigenvalue weighted by molar-refractivity contribution is 0.426. The molecule has 0 saturated heterocycles. The molecule has 8 heteroatoms. The van der Waals surface area contributed by atoms with Crippen LogP contribution < -0.4 is 0 Å². The molecule has 2 heterocycles. The zero-order chi connectivity index (χ0) is 15.4. The zero-order valence-electron chi connectivity index (χ0n) is 12.1. The van der Waals surface area contributed by atoms with Crippen molar-refractivity contribution in [2.45, 2.75) is 23.7 Å². The predicted molar refractivity (Wildman–Crippen MR) is 85.5 cm³/mol. The fourth-order valence-electron chi connectivity index (χ4n) is 1.73. The highest BCUT2D eigenvalue weighted by Gasteiger charge is 2.11. The Labute approximate surface area is 136 Å². The molecule has 0 spiro atoms. The van der Waals surface area contributed by atoms with Gasteiger partial charge in [0.2, 0.25) is 17.7 Å². The van der Waals surface area contributed by atoms with Gasteiger partial charge >= 0.3 is 0 Å². The highest BCUT2D eigenvalue weighted by atomic mass is 32.2. The lowest BCUT2D eigenvalue weighted by atomic mass is 10.1. The lowest BCUT2D eigenvalue weighted by Gasteiger charge is -1.95. The minimum absolute atomic E-state index is 0.500. The lowest BCUT2D eigenvalue weighted by Crippen LogP contribution is -1.80. The van der Waals surface area contributed by atoms with E-state index in [1.165, 1.54) is 17.3 Å². The second-order valence-electron chi connectivity index (χ2n) is 4.55. The van der Waals surface area contributed by atoms with Gasteiger partial charge in [0, 0.05) is 5.56 Å². The summed E-state index contributed by atoms with van der Waals surface area (Å²) in [5.74, 6) is 2.89. The Hall–Kier alpha value is -1.80. The molecule has 0 saturated carbocycles. The van der Waals surface area contributed by atoms with Gasteiger partial charge in [0.05, 0.1) is 11.5 Å². The van der Waals surface area contributed by atoms with Crippen LogP contribution in [0.15, 0.2) is 38.3 Å². The monoisotopic (exact) mass is 334 g/mol. The number of hydrogen-bond donors (Lipinski definition) is 0. The van der Waals surface area contributed by atoms with Crippen molar-refractivity contribution in [2.24, 2.45) is 0 Å². The van der Waals surface area contributed by atoms with Crippen LogP contribution in [0.4, 0.5) is 0 Å². The van der Waals surface area contributed by atoms with Gasteiger partial charge in [-0.15, -0.1) is 20.4 Å². The number of rotatable bonds is 6. The van der Waals surface area contributed by atoms with Gasteiger partial charge in [-0.05, 0) is 25.3 Å². The van der Waals surface area contributed by atoms with E-state index in [1.807, 2.05) is 37.4 Å². The Kier molecular flexibility index (Phi) is 4.79. The molecule has 0 fully saturated rings. The van der Waals surface area contributed by atoms with Gasteiger partial charge < -0.3 is 8.83 Å². The Bertz CT molecular complexity index is 739. The summed E-state index contributed by atoms with van der Waals surface area (Å²) in [7, 11) is 0. The number of aryl methyl sites for hydroxylation is 1. The number of hydrogen-bond acceptors (Lipinski definition) is 8. The predicted octanol–water partition coefficient (Wildman–Crippen LogP) is 3.58. The molecule has 0 atom stereocenters. The maximum atomic E-state index is 5.65. The highest BCUT2D eigenvalue weighted by Crippen LogP contribution is 2.24. The summed E-state index contributed by atoms with van der Waals surface area (Å²) in [6.45, 7) is 2.04. The van der Waals surface area contributed by atoms with E-state index in [1.54, 1.807) is 11.8 Å². The topological polar surface area (TPSA) is 77.8 Å². The molecule has 2 aromatic heterocycles. The fraction of sp³-hybridized carbons (Fsp3) is 0.286. The first-order valence-electron chi connectivity index (χ1n) is 6.58. The Balaban J connectivity index is 1.62. The van der Waals surface area contributed by atoms with Gasteiger partial charge in [-0.2, -0.15) is 11.8 Å². The van der Waals surface area contributed by atoms with Crippen LogP contribution >= 0.6 is 23.5 Å². The second kappa shape index (κ2) is 6.97. The number of thioether (sulfide) groups is 2. The summed E-state index contributed by atoms with van der Waals surface area (Å²) in [6.07, 6.45) is 1.99. The van der Waals surface area contributed by atoms with Crippen molar-refractivity contribution in [3.8, 4) is 11.5 Å². The third-order valence-electron chi connectivity index (χ3n) is 2.80. The van der Waals surface area contributed by atoms with Crippen molar-refractivity contribution in [3.63, 3.8) is 0 Å². The minimum atomic E-state index is 0.500. The van der Waals surface area contributed by atoms with Crippen LogP contribution in [0.2, 0.25) is 0 Å². The number of aromatic nitrogens is 4. The van der Waals surface area contributed by atoms with Crippen LogP contribution in [0.25, 0.3) is 11.5 Å². The molecular weight excluding hydrogens is 320 g/mol. The van der Waals surface area contributed by atoms with E-state index in [0.717, 1.165) is 5.56 Å². The van der Waals surface area contributed by atoms with Gasteiger partial charge in [0.1, 0.15) is 0 Å². The summed E-state index contributed by atoms with van der Waals surface area (Å²) in [6, 6.07) is 7.96. The average molecular weight is 334 g/mol. The van der Waals surface area contributed by atoms with E-state index in [0.29, 0.717) is 34.4 Å². The van der Waals surface area contributed by atoms with Gasteiger partial charge in [-0.3, -0.25) is 0 Å². The van der Waals surface area contributed by atoms with Gasteiger partial charge in [0.25, 0.3) is 5.22 Å². The number of benzene rings is 1. The van der Waals surface area contributed by atoms with Gasteiger partial charge in [-0.25, -0.2) is 0 Å². The Morgan fingerprint density at radius 1 is 0.909 bits per heavy atom. The molecule has 6 nitrogen and oxygen atoms in total. The first-order valence-corrected chi connectivity index (χ1v) is 8.96. The summed E-state index contributed by atoms with van der Waals surface area (Å²) in [5, 5.41) is 16.5. The maximum Gasteiger partial charge on any atom is 0.277 e. The molecular formula is C14H14N4O2S2. The molecule has 1 aromatic carbocycles. The first kappa shape index (κ1) is 15.1. The normalized spacial score (nSPS) is 11.0. The van der Waals surface area contributed by atoms with Crippen molar-refractivity contribution in [1.82, 2.24) is 20.4 Å². The first-order chi connectivity index (χ1) is 10.7. The van der Waals surface area contributed by atoms with E-state index >= 15 is 0 Å². The van der Waals surface area contributed by atoms with Crippen LogP contribution in [0.3, 0.4) is 0 Å². The summed E-state index contributed by atoms with van der Waals surface area (Å²) in [4.78, 5) is 0. The van der Waals surface area contributed by atoms with Crippen molar-refractivity contribution >= 4 is 23.5 Å². The maximum absolute atomic E-state index is 5.65. The summed E-state index contributed by atoms with van der Waals surface area (Å²) >= 11 is 3.02. The molecule has 3 aromatic rings. The third kappa shape index (κ3) is 3.69. The van der Waals surface area contributed by atoms with E-state index < -0.39 is 0 Å². The molecule has 0 N–H and O–H groups in total. The van der Waals surface area contributed by atoms with Crippen molar-refractivity contribution < 1.29 is 8.83 Å². The minimum Gasteiger partial charge on any atom is -0.420 e. The van der Waals surface area contributed by atoms with E-state index in [4.69, 9.17) is 8.83 Å². The van der Waals surface area contributed by atoms with Gasteiger partial charge in [0.15, 0.2) is 0 Å². The zero-order valence-corrected chi connectivity index (χ0v) is 13.8. The third-order valence-corrected chi connectivity index (χ3v) is 4.14. The largest absolute Gasteiger partial charge is 0.420 e. The van der Waals surface area contributed by atoms with E-state index in [-0.39, 0.29) is 0 Å². The van der Waals surface area contributed by atoms with Crippen LogP contribution in [-0.4, -0.2) is 26.7 Å². The van der Waals surface area contributed by atoms with Crippen LogP contribution in [0, 0.1) is 6.92 Å². The average Bonchev–Trinajstić information content (AvgIpc) is 3.16. The van der Waals surface area contributed by atoms with Crippen molar-refractivity contribution in [3.05, 3.63) is 41.6 Å². The molecule has 0 bridgehead atoms. The van der Waals surface area contributed by atoms with Crippen LogP contribution in [0.1, 0.15) is 17.3 Å². The quantitative estimate of drug-likeness (QED) is 0.633. The Morgan fingerprint density at radius 3 is 2.41 bits per heavy atom. The van der Waals surface area contributed by atoms with Crippen LogP contribution in [0.5, 0.6) is 0 Å². The molecule has 0 unspecified atom stereocenters. The van der Waals surface area contributed by atoms with Gasteiger partial charge in [-0.1, -0.05) is 29.5 Å². The van der Waals surface area contributed by atoms with E-state index in [9.17, 15) is 0 Å². The molecule has 0 radical (unpaired) electrons. The van der Waals surface area contributed by atoms with E-state index in [2.05, 4.69) is 20.4 Å². The molecule has 3 rings (SSSR count). The fourth-order valence-corrected chi connectivity index (χ4v) is 2.71. The number of nitrogens with zero attached hydrogens (tertiary/aromatic N) is 4. The second-order valence-corrected chi connectivity index (χ2v) is 6.34. The highest BCUT2D eigenvalue weighted by molar-refractivity contribution is 7.98.